The van der Waals surface area contributed by atoms with Crippen molar-refractivity contribution in [2.24, 2.45) is 11.8 Å². The maximum Gasteiger partial charge on any atom is 0.261 e. The Morgan fingerprint density at radius 3 is 2.58 bits per heavy atom. The molecule has 12 heavy (non-hydrogen) atoms. The summed E-state index contributed by atoms with van der Waals surface area (Å²) in [6.07, 6.45) is 0.899. The Morgan fingerprint density at radius 2 is 2.17 bits per heavy atom. The van der Waals surface area contributed by atoms with E-state index in [9.17, 15) is 4.79 Å². The molecule has 0 aliphatic rings. The van der Waals surface area contributed by atoms with Crippen molar-refractivity contribution in [3.63, 3.8) is 0 Å². The summed E-state index contributed by atoms with van der Waals surface area (Å²) in [6, 6.07) is 0. The summed E-state index contributed by atoms with van der Waals surface area (Å²) >= 11 is 1.38. The van der Waals surface area contributed by atoms with Crippen LogP contribution in [0, 0.1) is 11.8 Å². The average molecular weight is 185 g/mol. The summed E-state index contributed by atoms with van der Waals surface area (Å²) in [6.45, 7) is 6.55. The van der Waals surface area contributed by atoms with Gasteiger partial charge in [-0.25, -0.2) is 0 Å². The van der Waals surface area contributed by atoms with E-state index < -0.39 is 0 Å². The normalized spacial score (nSPS) is 13.7. The van der Waals surface area contributed by atoms with Crippen molar-refractivity contribution in [3.8, 4) is 0 Å². The van der Waals surface area contributed by atoms with Gasteiger partial charge in [0.1, 0.15) is 0 Å². The van der Waals surface area contributed by atoms with Gasteiger partial charge in [-0.1, -0.05) is 32.3 Å². The Bertz CT molecular complexity index is 287. The lowest BCUT2D eigenvalue weighted by Gasteiger charge is -2.13. The molecular formula is C9H15NOS. The third-order valence-electron chi connectivity index (χ3n) is 2.32. The second-order valence-corrected chi connectivity index (χ2v) is 4.29. The zero-order valence-electron chi connectivity index (χ0n) is 7.76. The van der Waals surface area contributed by atoms with Crippen LogP contribution in [0.2, 0.25) is 0 Å². The second kappa shape index (κ2) is 3.90. The molecule has 1 N–H and O–H groups in total. The molecule has 0 amide bonds. The highest BCUT2D eigenvalue weighted by molar-refractivity contribution is 7.03. The van der Waals surface area contributed by atoms with Gasteiger partial charge in [0.15, 0.2) is 0 Å². The Labute approximate surface area is 76.8 Å². The number of H-pyrrole nitrogens is 1. The van der Waals surface area contributed by atoms with E-state index in [0.717, 1.165) is 12.0 Å². The van der Waals surface area contributed by atoms with Gasteiger partial charge in [0, 0.05) is 10.9 Å². The van der Waals surface area contributed by atoms with Gasteiger partial charge in [-0.3, -0.25) is 9.17 Å². The van der Waals surface area contributed by atoms with E-state index in [0.29, 0.717) is 11.8 Å². The van der Waals surface area contributed by atoms with Crippen molar-refractivity contribution in [3.05, 3.63) is 21.3 Å². The number of nitrogens with one attached hydrogen (secondary N) is 1. The second-order valence-electron chi connectivity index (χ2n) is 3.62. The van der Waals surface area contributed by atoms with Crippen LogP contribution in [0.5, 0.6) is 0 Å². The number of aromatic nitrogens is 1. The summed E-state index contributed by atoms with van der Waals surface area (Å²) in [5.41, 5.74) is 1.02. The monoisotopic (exact) mass is 185 g/mol. The van der Waals surface area contributed by atoms with E-state index in [1.807, 2.05) is 5.38 Å². The highest BCUT2D eigenvalue weighted by Gasteiger charge is 2.10. The van der Waals surface area contributed by atoms with Crippen molar-refractivity contribution in [2.75, 3.05) is 0 Å². The van der Waals surface area contributed by atoms with Crippen molar-refractivity contribution in [1.82, 2.24) is 4.37 Å². The number of hydrogen-bond acceptors (Lipinski definition) is 2. The van der Waals surface area contributed by atoms with Gasteiger partial charge in [-0.15, -0.1) is 0 Å². The van der Waals surface area contributed by atoms with Crippen LogP contribution >= 0.6 is 11.5 Å². The van der Waals surface area contributed by atoms with Crippen molar-refractivity contribution in [1.29, 1.82) is 0 Å². The van der Waals surface area contributed by atoms with E-state index in [-0.39, 0.29) is 5.56 Å². The minimum absolute atomic E-state index is 0.0903. The standard InChI is InChI=1S/C9H15NOS/c1-6(2)7(3)4-8-5-12-10-9(8)11/h5-7H,4H2,1-3H3,(H,10,11). The molecule has 1 heterocycles. The molecular weight excluding hydrogens is 170 g/mol. The molecule has 3 heteroatoms. The lowest BCUT2D eigenvalue weighted by atomic mass is 9.92. The first-order chi connectivity index (χ1) is 5.61. The first-order valence-corrected chi connectivity index (χ1v) is 5.14. The van der Waals surface area contributed by atoms with Crippen molar-refractivity contribution >= 4 is 11.5 Å². The van der Waals surface area contributed by atoms with Crippen molar-refractivity contribution in [2.45, 2.75) is 27.2 Å². The fraction of sp³-hybridized carbons (Fsp3) is 0.667. The zero-order chi connectivity index (χ0) is 9.14. The summed E-state index contributed by atoms with van der Waals surface area (Å²) in [5, 5.41) is 1.92. The van der Waals surface area contributed by atoms with Crippen LogP contribution in [0.1, 0.15) is 26.3 Å². The highest BCUT2D eigenvalue weighted by atomic mass is 32.1. The molecule has 2 nitrogen and oxygen atoms in total. The Morgan fingerprint density at radius 1 is 1.50 bits per heavy atom. The molecule has 0 radical (unpaired) electrons. The number of hydrogen-bond donors (Lipinski definition) is 1. The summed E-state index contributed by atoms with van der Waals surface area (Å²) in [4.78, 5) is 11.1. The predicted octanol–water partition coefficient (Wildman–Crippen LogP) is 2.27. The Hall–Kier alpha value is -0.570. The Balaban J connectivity index is 2.64. The SMILES string of the molecule is CC(C)C(C)Cc1cs[nH]c1=O. The van der Waals surface area contributed by atoms with Crippen LogP contribution in [0.25, 0.3) is 0 Å². The van der Waals surface area contributed by atoms with Crippen LogP contribution < -0.4 is 5.56 Å². The molecule has 0 saturated heterocycles. The zero-order valence-corrected chi connectivity index (χ0v) is 8.57. The van der Waals surface area contributed by atoms with Gasteiger partial charge in [-0.2, -0.15) is 0 Å². The first kappa shape index (κ1) is 9.52. The van der Waals surface area contributed by atoms with E-state index in [1.165, 1.54) is 11.5 Å². The quantitative estimate of drug-likeness (QED) is 0.770. The van der Waals surface area contributed by atoms with Crippen LogP contribution in [-0.4, -0.2) is 4.37 Å². The third-order valence-corrected chi connectivity index (χ3v) is 3.03. The van der Waals surface area contributed by atoms with Crippen molar-refractivity contribution < 1.29 is 0 Å². The fourth-order valence-corrected chi connectivity index (χ4v) is 1.64. The molecule has 0 aliphatic carbocycles. The van der Waals surface area contributed by atoms with Crippen LogP contribution in [0.4, 0.5) is 0 Å². The fourth-order valence-electron chi connectivity index (χ4n) is 0.997. The molecule has 1 aromatic heterocycles. The molecule has 0 aromatic carbocycles. The molecule has 1 atom stereocenters. The van der Waals surface area contributed by atoms with E-state index in [4.69, 9.17) is 0 Å². The largest absolute Gasteiger partial charge is 0.278 e. The van der Waals surface area contributed by atoms with Crippen LogP contribution in [0.15, 0.2) is 10.2 Å². The van der Waals surface area contributed by atoms with Crippen LogP contribution in [0.3, 0.4) is 0 Å². The van der Waals surface area contributed by atoms with E-state index in [1.54, 1.807) is 0 Å². The highest BCUT2D eigenvalue weighted by Crippen LogP contribution is 2.14. The molecule has 0 aliphatic heterocycles. The van der Waals surface area contributed by atoms with E-state index >= 15 is 0 Å². The van der Waals surface area contributed by atoms with Gasteiger partial charge >= 0.3 is 0 Å². The molecule has 1 unspecified atom stereocenters. The summed E-state index contributed by atoms with van der Waals surface area (Å²) < 4.78 is 2.70. The maximum absolute atomic E-state index is 11.1. The predicted molar refractivity (Wildman–Crippen MR) is 52.6 cm³/mol. The minimum Gasteiger partial charge on any atom is -0.278 e. The molecule has 0 bridgehead atoms. The molecule has 0 spiro atoms. The Kier molecular flexibility index (Phi) is 3.09. The molecule has 68 valence electrons. The topological polar surface area (TPSA) is 32.9 Å². The molecule has 0 fully saturated rings. The maximum atomic E-state index is 11.1. The molecule has 1 aromatic rings. The number of aromatic amines is 1. The minimum atomic E-state index is 0.0903. The lowest BCUT2D eigenvalue weighted by molar-refractivity contribution is 0.416. The van der Waals surface area contributed by atoms with Gasteiger partial charge in [0.05, 0.1) is 0 Å². The van der Waals surface area contributed by atoms with Crippen LogP contribution in [-0.2, 0) is 6.42 Å². The smallest absolute Gasteiger partial charge is 0.261 e. The number of rotatable bonds is 3. The van der Waals surface area contributed by atoms with Gasteiger partial charge in [0.2, 0.25) is 0 Å². The average Bonchev–Trinajstić information content (AvgIpc) is 2.36. The van der Waals surface area contributed by atoms with Gasteiger partial charge in [-0.05, 0) is 18.3 Å². The van der Waals surface area contributed by atoms with E-state index in [2.05, 4.69) is 25.1 Å². The van der Waals surface area contributed by atoms with Gasteiger partial charge in [0.25, 0.3) is 5.56 Å². The summed E-state index contributed by atoms with van der Waals surface area (Å²) in [5.74, 6) is 1.23. The van der Waals surface area contributed by atoms with Gasteiger partial charge < -0.3 is 0 Å². The molecule has 1 rings (SSSR count). The lowest BCUT2D eigenvalue weighted by Crippen LogP contribution is -2.13. The first-order valence-electron chi connectivity index (χ1n) is 4.26. The molecule has 0 saturated carbocycles. The summed E-state index contributed by atoms with van der Waals surface area (Å²) in [7, 11) is 0. The third kappa shape index (κ3) is 2.21.